The minimum atomic E-state index is -1.56. The molecular formula is C15H8ClF3N2. The molecular weight excluding hydrogens is 301 g/mol. The van der Waals surface area contributed by atoms with Crippen LogP contribution in [0, 0.1) is 24.4 Å². The van der Waals surface area contributed by atoms with Gasteiger partial charge in [-0.3, -0.25) is 0 Å². The van der Waals surface area contributed by atoms with Crippen molar-refractivity contribution in [1.82, 2.24) is 9.97 Å². The Morgan fingerprint density at radius 3 is 2.48 bits per heavy atom. The van der Waals surface area contributed by atoms with Gasteiger partial charge in [0.2, 0.25) is 0 Å². The second-order valence-corrected chi connectivity index (χ2v) is 4.89. The zero-order valence-electron chi connectivity index (χ0n) is 10.8. The van der Waals surface area contributed by atoms with Gasteiger partial charge in [-0.25, -0.2) is 23.1 Å². The van der Waals surface area contributed by atoms with Crippen LogP contribution >= 0.6 is 11.6 Å². The third-order valence-corrected chi connectivity index (χ3v) is 3.45. The highest BCUT2D eigenvalue weighted by molar-refractivity contribution is 6.34. The van der Waals surface area contributed by atoms with Gasteiger partial charge in [-0.1, -0.05) is 23.7 Å². The summed E-state index contributed by atoms with van der Waals surface area (Å²) in [6.45, 7) is 1.82. The first-order chi connectivity index (χ1) is 9.99. The predicted molar refractivity (Wildman–Crippen MR) is 74.6 cm³/mol. The van der Waals surface area contributed by atoms with Crippen LogP contribution in [-0.4, -0.2) is 9.97 Å². The molecule has 1 heterocycles. The van der Waals surface area contributed by atoms with Gasteiger partial charge in [-0.15, -0.1) is 0 Å². The lowest BCUT2D eigenvalue weighted by atomic mass is 10.1. The van der Waals surface area contributed by atoms with Crippen LogP contribution in [-0.2, 0) is 0 Å². The van der Waals surface area contributed by atoms with Crippen molar-refractivity contribution in [2.24, 2.45) is 0 Å². The van der Waals surface area contributed by atoms with Gasteiger partial charge >= 0.3 is 0 Å². The molecule has 0 saturated carbocycles. The van der Waals surface area contributed by atoms with Crippen LogP contribution in [0.3, 0.4) is 0 Å². The van der Waals surface area contributed by atoms with Gasteiger partial charge in [0, 0.05) is 5.39 Å². The van der Waals surface area contributed by atoms with Crippen LogP contribution in [0.5, 0.6) is 0 Å². The summed E-state index contributed by atoms with van der Waals surface area (Å²) in [7, 11) is 0. The molecule has 0 spiro atoms. The number of rotatable bonds is 1. The molecule has 0 radical (unpaired) electrons. The first-order valence-corrected chi connectivity index (χ1v) is 6.43. The maximum atomic E-state index is 13.8. The van der Waals surface area contributed by atoms with Crippen molar-refractivity contribution in [1.29, 1.82) is 0 Å². The smallest absolute Gasteiger partial charge is 0.195 e. The Morgan fingerprint density at radius 2 is 1.71 bits per heavy atom. The number of aromatic nitrogens is 2. The number of para-hydroxylation sites is 1. The van der Waals surface area contributed by atoms with E-state index in [1.54, 1.807) is 12.1 Å². The van der Waals surface area contributed by atoms with Gasteiger partial charge in [-0.05, 0) is 30.7 Å². The van der Waals surface area contributed by atoms with Crippen LogP contribution in [0.15, 0.2) is 30.3 Å². The van der Waals surface area contributed by atoms with Gasteiger partial charge in [0.25, 0.3) is 0 Å². The molecule has 0 saturated heterocycles. The highest BCUT2D eigenvalue weighted by Crippen LogP contribution is 2.29. The lowest BCUT2D eigenvalue weighted by molar-refractivity contribution is 0.448. The van der Waals surface area contributed by atoms with Crippen molar-refractivity contribution in [3.8, 4) is 11.4 Å². The Morgan fingerprint density at radius 1 is 0.952 bits per heavy atom. The van der Waals surface area contributed by atoms with E-state index in [2.05, 4.69) is 9.97 Å². The quantitative estimate of drug-likeness (QED) is 0.482. The fourth-order valence-corrected chi connectivity index (χ4v) is 2.31. The maximum Gasteiger partial charge on any atom is 0.195 e. The summed E-state index contributed by atoms with van der Waals surface area (Å²) in [6.07, 6.45) is 0. The molecule has 21 heavy (non-hydrogen) atoms. The van der Waals surface area contributed by atoms with E-state index in [1.165, 1.54) is 0 Å². The van der Waals surface area contributed by atoms with Gasteiger partial charge in [-0.2, -0.15) is 0 Å². The third-order valence-electron chi connectivity index (χ3n) is 3.16. The number of hydrogen-bond donors (Lipinski definition) is 0. The minimum Gasteiger partial charge on any atom is -0.227 e. The molecule has 0 fully saturated rings. The average Bonchev–Trinajstić information content (AvgIpc) is 2.46. The molecule has 0 N–H and O–H groups in total. The second kappa shape index (κ2) is 5.00. The van der Waals surface area contributed by atoms with E-state index >= 15 is 0 Å². The lowest BCUT2D eigenvalue weighted by Crippen LogP contribution is -1.99. The maximum absolute atomic E-state index is 13.8. The number of benzene rings is 2. The molecule has 106 valence electrons. The molecule has 0 aliphatic rings. The summed E-state index contributed by atoms with van der Waals surface area (Å²) >= 11 is 6.07. The van der Waals surface area contributed by atoms with Crippen LogP contribution in [0.2, 0.25) is 5.15 Å². The predicted octanol–water partition coefficient (Wildman–Crippen LogP) is 4.68. The second-order valence-electron chi connectivity index (χ2n) is 4.53. The van der Waals surface area contributed by atoms with Crippen molar-refractivity contribution in [2.75, 3.05) is 0 Å². The molecule has 3 aromatic rings. The van der Waals surface area contributed by atoms with Crippen LogP contribution in [0.25, 0.3) is 22.3 Å². The Balaban J connectivity index is 2.32. The lowest BCUT2D eigenvalue weighted by Gasteiger charge is -2.08. The van der Waals surface area contributed by atoms with Crippen molar-refractivity contribution in [3.05, 3.63) is 58.5 Å². The highest BCUT2D eigenvalue weighted by atomic mass is 35.5. The zero-order valence-corrected chi connectivity index (χ0v) is 11.5. The molecule has 2 nitrogen and oxygen atoms in total. The van der Waals surface area contributed by atoms with Gasteiger partial charge in [0.05, 0.1) is 11.1 Å². The topological polar surface area (TPSA) is 25.8 Å². The Bertz CT molecular complexity index is 865. The van der Waals surface area contributed by atoms with Crippen molar-refractivity contribution in [2.45, 2.75) is 6.92 Å². The van der Waals surface area contributed by atoms with Gasteiger partial charge in [0.1, 0.15) is 5.15 Å². The molecule has 1 aromatic heterocycles. The largest absolute Gasteiger partial charge is 0.227 e. The molecule has 0 unspecified atom stereocenters. The van der Waals surface area contributed by atoms with Gasteiger partial charge < -0.3 is 0 Å². The van der Waals surface area contributed by atoms with E-state index in [1.807, 2.05) is 13.0 Å². The molecule has 3 rings (SSSR count). The Labute approximate surface area is 123 Å². The number of halogens is 4. The summed E-state index contributed by atoms with van der Waals surface area (Å²) < 4.78 is 40.2. The van der Waals surface area contributed by atoms with E-state index in [0.29, 0.717) is 10.9 Å². The monoisotopic (exact) mass is 308 g/mol. The first-order valence-electron chi connectivity index (χ1n) is 6.06. The highest BCUT2D eigenvalue weighted by Gasteiger charge is 2.18. The van der Waals surface area contributed by atoms with E-state index in [9.17, 15) is 13.2 Å². The third kappa shape index (κ3) is 2.23. The Kier molecular flexibility index (Phi) is 3.29. The minimum absolute atomic E-state index is 0.0850. The van der Waals surface area contributed by atoms with Gasteiger partial charge in [0.15, 0.2) is 23.3 Å². The first kappa shape index (κ1) is 13.8. The average molecular weight is 309 g/mol. The summed E-state index contributed by atoms with van der Waals surface area (Å²) in [5, 5.41) is 0.742. The van der Waals surface area contributed by atoms with E-state index in [-0.39, 0.29) is 16.5 Å². The summed E-state index contributed by atoms with van der Waals surface area (Å²) in [4.78, 5) is 8.18. The molecule has 2 aromatic carbocycles. The summed E-state index contributed by atoms with van der Waals surface area (Å²) in [5.41, 5.74) is 1.12. The fourth-order valence-electron chi connectivity index (χ4n) is 2.08. The molecule has 0 atom stereocenters. The standard InChI is InChI=1S/C15H8ClF3N2/c1-7-3-2-4-9-13(7)20-15(21-14(9)16)8-5-6-10(17)12(19)11(8)18/h2-6H,1H3. The number of aryl methyl sites for hydroxylation is 1. The molecule has 0 aliphatic carbocycles. The van der Waals surface area contributed by atoms with Crippen molar-refractivity contribution < 1.29 is 13.2 Å². The van der Waals surface area contributed by atoms with Crippen molar-refractivity contribution in [3.63, 3.8) is 0 Å². The molecule has 0 bridgehead atoms. The Hall–Kier alpha value is -2.14. The molecule has 0 amide bonds. The normalized spacial score (nSPS) is 11.1. The molecule has 6 heteroatoms. The van der Waals surface area contributed by atoms with E-state index in [0.717, 1.165) is 17.7 Å². The van der Waals surface area contributed by atoms with E-state index < -0.39 is 17.5 Å². The van der Waals surface area contributed by atoms with Crippen LogP contribution in [0.1, 0.15) is 5.56 Å². The molecule has 0 aliphatic heterocycles. The fraction of sp³-hybridized carbons (Fsp3) is 0.0667. The van der Waals surface area contributed by atoms with Crippen LogP contribution in [0.4, 0.5) is 13.2 Å². The number of hydrogen-bond acceptors (Lipinski definition) is 2. The summed E-state index contributed by atoms with van der Waals surface area (Å²) in [5.74, 6) is -4.24. The van der Waals surface area contributed by atoms with Crippen molar-refractivity contribution >= 4 is 22.5 Å². The SMILES string of the molecule is Cc1cccc2c(Cl)nc(-c3ccc(F)c(F)c3F)nc12. The number of fused-ring (bicyclic) bond motifs is 1. The zero-order chi connectivity index (χ0) is 15.1. The van der Waals surface area contributed by atoms with E-state index in [4.69, 9.17) is 11.6 Å². The van der Waals surface area contributed by atoms with Crippen LogP contribution < -0.4 is 0 Å². The number of nitrogens with zero attached hydrogens (tertiary/aromatic N) is 2. The summed E-state index contributed by atoms with van der Waals surface area (Å²) in [6, 6.07) is 7.26.